The van der Waals surface area contributed by atoms with Crippen molar-refractivity contribution in [2.24, 2.45) is 0 Å². The summed E-state index contributed by atoms with van der Waals surface area (Å²) in [5.41, 5.74) is 1.80. The molecule has 20 heavy (non-hydrogen) atoms. The van der Waals surface area contributed by atoms with Crippen molar-refractivity contribution < 1.29 is 4.39 Å². The van der Waals surface area contributed by atoms with Crippen molar-refractivity contribution in [2.45, 2.75) is 6.54 Å². The molecule has 0 amide bonds. The Balaban J connectivity index is 2.13. The van der Waals surface area contributed by atoms with Crippen LogP contribution in [0.4, 0.5) is 10.1 Å². The minimum absolute atomic E-state index is 0.268. The molecule has 3 nitrogen and oxygen atoms in total. The van der Waals surface area contributed by atoms with Crippen LogP contribution >= 0.6 is 11.6 Å². The molecule has 5 heteroatoms. The number of rotatable bonds is 3. The van der Waals surface area contributed by atoms with Gasteiger partial charge in [-0.1, -0.05) is 17.7 Å². The van der Waals surface area contributed by atoms with Crippen molar-refractivity contribution in [3.05, 3.63) is 63.9 Å². The highest BCUT2D eigenvalue weighted by Gasteiger charge is 2.05. The molecule has 0 aliphatic heterocycles. The highest BCUT2D eigenvalue weighted by molar-refractivity contribution is 6.31. The van der Waals surface area contributed by atoms with Gasteiger partial charge in [-0.3, -0.25) is 0 Å². The Bertz CT molecular complexity index is 665. The van der Waals surface area contributed by atoms with Crippen LogP contribution in [0.15, 0.2) is 36.4 Å². The lowest BCUT2D eigenvalue weighted by Gasteiger charge is -2.09. The second kappa shape index (κ2) is 6.06. The van der Waals surface area contributed by atoms with Crippen molar-refractivity contribution in [2.75, 3.05) is 5.32 Å². The molecule has 0 heterocycles. The summed E-state index contributed by atoms with van der Waals surface area (Å²) in [6.07, 6.45) is 0. The molecule has 0 unspecified atom stereocenters. The SMILES string of the molecule is N#Cc1ccc(NCc2ccc(C#N)cc2Cl)c(F)c1. The van der Waals surface area contributed by atoms with Gasteiger partial charge in [-0.25, -0.2) is 4.39 Å². The van der Waals surface area contributed by atoms with Crippen molar-refractivity contribution in [1.82, 2.24) is 0 Å². The maximum atomic E-state index is 13.7. The summed E-state index contributed by atoms with van der Waals surface area (Å²) in [5.74, 6) is -0.492. The quantitative estimate of drug-likeness (QED) is 0.932. The van der Waals surface area contributed by atoms with E-state index in [-0.39, 0.29) is 5.56 Å². The van der Waals surface area contributed by atoms with Crippen LogP contribution in [0.2, 0.25) is 5.02 Å². The van der Waals surface area contributed by atoms with Gasteiger partial charge in [0.05, 0.1) is 29.0 Å². The third-order valence-electron chi connectivity index (χ3n) is 2.75. The summed E-state index contributed by atoms with van der Waals surface area (Å²) >= 11 is 6.03. The maximum absolute atomic E-state index is 13.7. The number of nitrogens with one attached hydrogen (secondary N) is 1. The summed E-state index contributed by atoms with van der Waals surface area (Å²) in [5, 5.41) is 20.8. The van der Waals surface area contributed by atoms with Crippen LogP contribution in [0.3, 0.4) is 0 Å². The summed E-state index contributed by atoms with van der Waals surface area (Å²) in [7, 11) is 0. The topological polar surface area (TPSA) is 59.6 Å². The first kappa shape index (κ1) is 13.9. The van der Waals surface area contributed by atoms with E-state index in [1.54, 1.807) is 18.2 Å². The molecule has 0 atom stereocenters. The van der Waals surface area contributed by atoms with E-state index in [4.69, 9.17) is 22.1 Å². The zero-order chi connectivity index (χ0) is 14.5. The van der Waals surface area contributed by atoms with Crippen molar-refractivity contribution >= 4 is 17.3 Å². The molecule has 0 aliphatic carbocycles. The zero-order valence-corrected chi connectivity index (χ0v) is 11.1. The van der Waals surface area contributed by atoms with Crippen molar-refractivity contribution in [3.8, 4) is 12.1 Å². The Kier molecular flexibility index (Phi) is 4.20. The first-order valence-electron chi connectivity index (χ1n) is 5.76. The third-order valence-corrected chi connectivity index (χ3v) is 3.10. The van der Waals surface area contributed by atoms with Crippen LogP contribution in [-0.2, 0) is 6.54 Å². The lowest BCUT2D eigenvalue weighted by Crippen LogP contribution is -2.02. The molecule has 1 N–H and O–H groups in total. The second-order valence-corrected chi connectivity index (χ2v) is 4.49. The molecule has 2 aromatic carbocycles. The van der Waals surface area contributed by atoms with Crippen LogP contribution in [0.5, 0.6) is 0 Å². The minimum atomic E-state index is -0.492. The van der Waals surface area contributed by atoms with Gasteiger partial charge in [0.15, 0.2) is 0 Å². The molecule has 0 bridgehead atoms. The van der Waals surface area contributed by atoms with Gasteiger partial charge in [-0.2, -0.15) is 10.5 Å². The summed E-state index contributed by atoms with van der Waals surface area (Å²) in [6, 6.07) is 13.0. The van der Waals surface area contributed by atoms with Gasteiger partial charge in [0.1, 0.15) is 5.82 Å². The Labute approximate surface area is 120 Å². The molecule has 98 valence electrons. The lowest BCUT2D eigenvalue weighted by atomic mass is 10.1. The second-order valence-electron chi connectivity index (χ2n) is 4.08. The van der Waals surface area contributed by atoms with Crippen LogP contribution in [0.1, 0.15) is 16.7 Å². The summed E-state index contributed by atoms with van der Waals surface area (Å²) in [4.78, 5) is 0. The van der Waals surface area contributed by atoms with E-state index >= 15 is 0 Å². The van der Waals surface area contributed by atoms with Crippen LogP contribution < -0.4 is 5.32 Å². The molecule has 2 aromatic rings. The predicted molar refractivity (Wildman–Crippen MR) is 74.6 cm³/mol. The van der Waals surface area contributed by atoms with E-state index in [0.717, 1.165) is 5.56 Å². The molecule has 0 saturated carbocycles. The number of hydrogen-bond acceptors (Lipinski definition) is 3. The van der Waals surface area contributed by atoms with Crippen LogP contribution in [0, 0.1) is 28.5 Å². The van der Waals surface area contributed by atoms with Gasteiger partial charge < -0.3 is 5.32 Å². The van der Waals surface area contributed by atoms with Crippen LogP contribution in [-0.4, -0.2) is 0 Å². The largest absolute Gasteiger partial charge is 0.379 e. The molecular formula is C15H9ClFN3. The average molecular weight is 286 g/mol. The highest BCUT2D eigenvalue weighted by Crippen LogP contribution is 2.21. The van der Waals surface area contributed by atoms with Crippen molar-refractivity contribution in [3.63, 3.8) is 0 Å². The Hall–Kier alpha value is -2.56. The Morgan fingerprint density at radius 1 is 1.05 bits per heavy atom. The molecule has 0 saturated heterocycles. The Morgan fingerprint density at radius 2 is 1.70 bits per heavy atom. The zero-order valence-electron chi connectivity index (χ0n) is 10.3. The smallest absolute Gasteiger partial charge is 0.147 e. The lowest BCUT2D eigenvalue weighted by molar-refractivity contribution is 0.629. The van der Waals surface area contributed by atoms with Gasteiger partial charge in [0.2, 0.25) is 0 Å². The van der Waals surface area contributed by atoms with E-state index in [1.165, 1.54) is 18.2 Å². The van der Waals surface area contributed by atoms with Crippen molar-refractivity contribution in [1.29, 1.82) is 10.5 Å². The molecular weight excluding hydrogens is 277 g/mol. The first-order valence-corrected chi connectivity index (χ1v) is 6.14. The first-order chi connectivity index (χ1) is 9.63. The molecule has 0 aromatic heterocycles. The number of hydrogen-bond donors (Lipinski definition) is 1. The van der Waals surface area contributed by atoms with Crippen LogP contribution in [0.25, 0.3) is 0 Å². The van der Waals surface area contributed by atoms with E-state index in [2.05, 4.69) is 5.32 Å². The monoisotopic (exact) mass is 285 g/mol. The standard InChI is InChI=1S/C15H9ClFN3/c16-13-5-10(7-18)1-3-12(13)9-20-15-4-2-11(8-19)6-14(15)17/h1-6,20H,9H2. The molecule has 2 rings (SSSR count). The van der Waals surface area contributed by atoms with Gasteiger partial charge in [0.25, 0.3) is 0 Å². The number of nitriles is 2. The highest BCUT2D eigenvalue weighted by atomic mass is 35.5. The van der Waals surface area contributed by atoms with E-state index in [0.29, 0.717) is 22.8 Å². The third kappa shape index (κ3) is 3.06. The number of benzene rings is 2. The molecule has 0 radical (unpaired) electrons. The minimum Gasteiger partial charge on any atom is -0.379 e. The fourth-order valence-electron chi connectivity index (χ4n) is 1.68. The van der Waals surface area contributed by atoms with Gasteiger partial charge in [-0.05, 0) is 35.9 Å². The average Bonchev–Trinajstić information content (AvgIpc) is 2.46. The predicted octanol–water partition coefficient (Wildman–Crippen LogP) is 3.83. The normalized spacial score (nSPS) is 9.60. The van der Waals surface area contributed by atoms with E-state index in [9.17, 15) is 4.39 Å². The fraction of sp³-hybridized carbons (Fsp3) is 0.0667. The molecule has 0 spiro atoms. The van der Waals surface area contributed by atoms with E-state index in [1.807, 2.05) is 12.1 Å². The molecule has 0 fully saturated rings. The number of anilines is 1. The fourth-order valence-corrected chi connectivity index (χ4v) is 1.93. The van der Waals surface area contributed by atoms with Gasteiger partial charge in [-0.15, -0.1) is 0 Å². The Morgan fingerprint density at radius 3 is 2.30 bits per heavy atom. The van der Waals surface area contributed by atoms with Gasteiger partial charge in [0, 0.05) is 11.6 Å². The summed E-state index contributed by atoms with van der Waals surface area (Å²) in [6.45, 7) is 0.327. The van der Waals surface area contributed by atoms with Gasteiger partial charge >= 0.3 is 0 Å². The number of halogens is 2. The van der Waals surface area contributed by atoms with E-state index < -0.39 is 5.82 Å². The molecule has 0 aliphatic rings. The number of nitrogens with zero attached hydrogens (tertiary/aromatic N) is 2. The summed E-state index contributed by atoms with van der Waals surface area (Å²) < 4.78 is 13.7. The maximum Gasteiger partial charge on any atom is 0.147 e.